The zero-order valence-corrected chi connectivity index (χ0v) is 17.0. The predicted molar refractivity (Wildman–Crippen MR) is 108 cm³/mol. The van der Waals surface area contributed by atoms with Gasteiger partial charge in [-0.05, 0) is 63.9 Å². The van der Waals surface area contributed by atoms with Gasteiger partial charge in [0, 0.05) is 32.9 Å². The molecule has 27 heavy (non-hydrogen) atoms. The second-order valence-electron chi connectivity index (χ2n) is 7.18. The Hall–Kier alpha value is -2.28. The molecule has 1 fully saturated rings. The highest BCUT2D eigenvalue weighted by molar-refractivity contribution is 5.79. The van der Waals surface area contributed by atoms with E-state index in [1.807, 2.05) is 24.8 Å². The smallest absolute Gasteiger partial charge is 0.191 e. The van der Waals surface area contributed by atoms with E-state index in [1.165, 1.54) is 24.1 Å². The summed E-state index contributed by atoms with van der Waals surface area (Å²) in [7, 11) is 3.81. The van der Waals surface area contributed by atoms with Crippen LogP contribution in [-0.4, -0.2) is 53.9 Å². The molecule has 1 unspecified atom stereocenters. The van der Waals surface area contributed by atoms with Gasteiger partial charge in [-0.2, -0.15) is 5.10 Å². The highest BCUT2D eigenvalue weighted by Crippen LogP contribution is 2.24. The van der Waals surface area contributed by atoms with Crippen LogP contribution in [0.2, 0.25) is 0 Å². The Morgan fingerprint density at radius 2 is 2.07 bits per heavy atom. The lowest BCUT2D eigenvalue weighted by Gasteiger charge is -2.26. The normalized spacial score (nSPS) is 16.7. The summed E-state index contributed by atoms with van der Waals surface area (Å²) >= 11 is 0. The topological polar surface area (TPSA) is 70.6 Å². The van der Waals surface area contributed by atoms with Crippen LogP contribution in [0, 0.1) is 13.8 Å². The van der Waals surface area contributed by atoms with Crippen molar-refractivity contribution in [1.29, 1.82) is 0 Å². The van der Waals surface area contributed by atoms with Crippen LogP contribution in [0.1, 0.15) is 41.6 Å². The van der Waals surface area contributed by atoms with E-state index >= 15 is 0 Å². The average molecular weight is 373 g/mol. The van der Waals surface area contributed by atoms with Crippen molar-refractivity contribution in [1.82, 2.24) is 25.3 Å². The standard InChI is InChI=1S/C20H32N6O/c1-15-17(16(2)25(4)24-15)9-10-22-20(21-3)23-14-18(19-8-7-13-27-19)26-11-5-6-12-26/h7-8,13,18H,5-6,9-12,14H2,1-4H3,(H2,21,22,23). The molecule has 1 aliphatic heterocycles. The summed E-state index contributed by atoms with van der Waals surface area (Å²) in [4.78, 5) is 6.86. The lowest BCUT2D eigenvalue weighted by Crippen LogP contribution is -2.43. The summed E-state index contributed by atoms with van der Waals surface area (Å²) in [6.07, 6.45) is 5.20. The fourth-order valence-electron chi connectivity index (χ4n) is 3.84. The number of likely N-dealkylation sites (tertiary alicyclic amines) is 1. The van der Waals surface area contributed by atoms with Crippen molar-refractivity contribution in [3.05, 3.63) is 41.1 Å². The first-order valence-electron chi connectivity index (χ1n) is 9.81. The van der Waals surface area contributed by atoms with E-state index in [9.17, 15) is 0 Å². The van der Waals surface area contributed by atoms with Crippen LogP contribution in [0.3, 0.4) is 0 Å². The first-order chi connectivity index (χ1) is 13.1. The SMILES string of the molecule is CN=C(NCCc1c(C)nn(C)c1C)NCC(c1ccco1)N1CCCC1. The molecule has 0 spiro atoms. The zero-order valence-electron chi connectivity index (χ0n) is 17.0. The van der Waals surface area contributed by atoms with Crippen molar-refractivity contribution < 1.29 is 4.42 Å². The Labute approximate surface area is 161 Å². The molecule has 0 aromatic carbocycles. The molecule has 7 nitrogen and oxygen atoms in total. The second-order valence-corrected chi connectivity index (χ2v) is 7.18. The molecule has 1 aliphatic rings. The van der Waals surface area contributed by atoms with Crippen LogP contribution < -0.4 is 10.6 Å². The van der Waals surface area contributed by atoms with Crippen LogP contribution in [-0.2, 0) is 13.5 Å². The number of aryl methyl sites for hydroxylation is 2. The number of rotatable bonds is 7. The molecule has 3 heterocycles. The molecule has 2 aromatic rings. The van der Waals surface area contributed by atoms with Crippen molar-refractivity contribution >= 4 is 5.96 Å². The Bertz CT molecular complexity index is 743. The number of hydrogen-bond donors (Lipinski definition) is 2. The van der Waals surface area contributed by atoms with Gasteiger partial charge in [-0.25, -0.2) is 0 Å². The number of hydrogen-bond acceptors (Lipinski definition) is 4. The van der Waals surface area contributed by atoms with Gasteiger partial charge in [-0.1, -0.05) is 0 Å². The van der Waals surface area contributed by atoms with Gasteiger partial charge in [-0.15, -0.1) is 0 Å². The van der Waals surface area contributed by atoms with Gasteiger partial charge in [0.25, 0.3) is 0 Å². The third kappa shape index (κ3) is 4.71. The molecule has 1 atom stereocenters. The van der Waals surface area contributed by atoms with Gasteiger partial charge in [0.05, 0.1) is 18.0 Å². The highest BCUT2D eigenvalue weighted by atomic mass is 16.3. The lowest BCUT2D eigenvalue weighted by atomic mass is 10.1. The van der Waals surface area contributed by atoms with Gasteiger partial charge in [0.2, 0.25) is 0 Å². The van der Waals surface area contributed by atoms with Crippen molar-refractivity contribution in [3.63, 3.8) is 0 Å². The summed E-state index contributed by atoms with van der Waals surface area (Å²) in [6, 6.07) is 4.27. The molecule has 2 aromatic heterocycles. The monoisotopic (exact) mass is 372 g/mol. The number of furan rings is 1. The lowest BCUT2D eigenvalue weighted by molar-refractivity contribution is 0.215. The minimum atomic E-state index is 0.240. The summed E-state index contributed by atoms with van der Waals surface area (Å²) in [5.41, 5.74) is 3.64. The quantitative estimate of drug-likeness (QED) is 0.576. The highest BCUT2D eigenvalue weighted by Gasteiger charge is 2.25. The molecule has 7 heteroatoms. The van der Waals surface area contributed by atoms with Crippen molar-refractivity contribution in [3.8, 4) is 0 Å². The Morgan fingerprint density at radius 1 is 1.30 bits per heavy atom. The van der Waals surface area contributed by atoms with Gasteiger partial charge >= 0.3 is 0 Å². The molecule has 2 N–H and O–H groups in total. The first kappa shape index (κ1) is 19.5. The fraction of sp³-hybridized carbons (Fsp3) is 0.600. The van der Waals surface area contributed by atoms with Crippen LogP contribution in [0.25, 0.3) is 0 Å². The summed E-state index contributed by atoms with van der Waals surface area (Å²) in [6.45, 7) is 8.03. The molecule has 0 aliphatic carbocycles. The second kappa shape index (κ2) is 9.08. The van der Waals surface area contributed by atoms with Gasteiger partial charge in [0.15, 0.2) is 5.96 Å². The van der Waals surface area contributed by atoms with Crippen molar-refractivity contribution in [2.24, 2.45) is 12.0 Å². The molecule has 0 saturated carbocycles. The minimum absolute atomic E-state index is 0.240. The number of aromatic nitrogens is 2. The van der Waals surface area contributed by atoms with Gasteiger partial charge in [0.1, 0.15) is 5.76 Å². The minimum Gasteiger partial charge on any atom is -0.468 e. The molecular weight excluding hydrogens is 340 g/mol. The van der Waals surface area contributed by atoms with Crippen LogP contribution in [0.4, 0.5) is 0 Å². The first-order valence-corrected chi connectivity index (χ1v) is 9.81. The number of nitrogens with one attached hydrogen (secondary N) is 2. The third-order valence-electron chi connectivity index (χ3n) is 5.47. The molecule has 0 bridgehead atoms. The Kier molecular flexibility index (Phi) is 6.55. The third-order valence-corrected chi connectivity index (χ3v) is 5.47. The van der Waals surface area contributed by atoms with Gasteiger partial charge < -0.3 is 15.1 Å². The maximum atomic E-state index is 5.69. The number of guanidine groups is 1. The molecule has 0 amide bonds. The van der Waals surface area contributed by atoms with E-state index in [2.05, 4.69) is 45.5 Å². The fourth-order valence-corrected chi connectivity index (χ4v) is 3.84. The molecule has 148 valence electrons. The van der Waals surface area contributed by atoms with Crippen molar-refractivity contribution in [2.75, 3.05) is 33.2 Å². The summed E-state index contributed by atoms with van der Waals surface area (Å²) in [5.74, 6) is 1.84. The Balaban J connectivity index is 1.53. The number of nitrogens with zero attached hydrogens (tertiary/aromatic N) is 4. The summed E-state index contributed by atoms with van der Waals surface area (Å²) < 4.78 is 7.64. The van der Waals surface area contributed by atoms with E-state index in [0.29, 0.717) is 0 Å². The maximum absolute atomic E-state index is 5.69. The Morgan fingerprint density at radius 3 is 2.67 bits per heavy atom. The molecule has 1 saturated heterocycles. The van der Waals surface area contributed by atoms with Crippen LogP contribution in [0.5, 0.6) is 0 Å². The van der Waals surface area contributed by atoms with Crippen molar-refractivity contribution in [2.45, 2.75) is 39.2 Å². The largest absolute Gasteiger partial charge is 0.468 e. The van der Waals surface area contributed by atoms with Crippen LogP contribution in [0.15, 0.2) is 27.8 Å². The molecular formula is C20H32N6O. The maximum Gasteiger partial charge on any atom is 0.191 e. The molecule has 3 rings (SSSR count). The number of aliphatic imine (C=N–C) groups is 1. The predicted octanol–water partition coefficient (Wildman–Crippen LogP) is 2.17. The van der Waals surface area contributed by atoms with Gasteiger partial charge in [-0.3, -0.25) is 14.6 Å². The average Bonchev–Trinajstić information content (AvgIpc) is 3.40. The summed E-state index contributed by atoms with van der Waals surface area (Å²) in [5, 5.41) is 11.4. The van der Waals surface area contributed by atoms with E-state index in [1.54, 1.807) is 6.26 Å². The van der Waals surface area contributed by atoms with E-state index < -0.39 is 0 Å². The van der Waals surface area contributed by atoms with Crippen LogP contribution >= 0.6 is 0 Å². The van der Waals surface area contributed by atoms with E-state index in [4.69, 9.17) is 4.42 Å². The molecule has 0 radical (unpaired) electrons. The van der Waals surface area contributed by atoms with E-state index in [0.717, 1.165) is 50.0 Å². The van der Waals surface area contributed by atoms with E-state index in [-0.39, 0.29) is 6.04 Å². The zero-order chi connectivity index (χ0) is 19.2.